The molecule has 0 radical (unpaired) electrons. The van der Waals surface area contributed by atoms with Crippen molar-refractivity contribution in [2.75, 3.05) is 7.11 Å². The first kappa shape index (κ1) is 21.8. The maximum Gasteiger partial charge on any atom is 0.338 e. The molecule has 162 valence electrons. The van der Waals surface area contributed by atoms with Crippen LogP contribution < -0.4 is 4.74 Å². The molecule has 1 heterocycles. The second kappa shape index (κ2) is 8.84. The molecule has 2 aromatic carbocycles. The molecule has 2 unspecified atom stereocenters. The Labute approximate surface area is 177 Å². The van der Waals surface area contributed by atoms with E-state index in [1.807, 2.05) is 0 Å². The zero-order valence-corrected chi connectivity index (χ0v) is 17.1. The lowest BCUT2D eigenvalue weighted by Crippen LogP contribution is -2.33. The first-order valence-corrected chi connectivity index (χ1v) is 9.19. The molecular weight excluding hydrogens is 406 g/mol. The van der Waals surface area contributed by atoms with E-state index in [1.165, 1.54) is 44.0 Å². The van der Waals surface area contributed by atoms with Crippen molar-refractivity contribution in [3.63, 3.8) is 0 Å². The van der Waals surface area contributed by atoms with Gasteiger partial charge in [0.05, 0.1) is 12.7 Å². The number of phenols is 1. The monoisotopic (exact) mass is 427 g/mol. The average molecular weight is 427 g/mol. The van der Waals surface area contributed by atoms with Crippen molar-refractivity contribution in [1.29, 1.82) is 0 Å². The van der Waals surface area contributed by atoms with Gasteiger partial charge in [-0.25, -0.2) is 9.59 Å². The number of ether oxygens (including phenoxy) is 3. The second-order valence-electron chi connectivity index (χ2n) is 6.73. The van der Waals surface area contributed by atoms with Crippen molar-refractivity contribution in [2.24, 2.45) is 0 Å². The molecule has 0 fully saturated rings. The number of carbonyl (C=O) groups excluding carboxylic acids is 2. The maximum absolute atomic E-state index is 12.4. The Kier molecular flexibility index (Phi) is 6.21. The normalized spacial score (nSPS) is 12.8. The molecule has 0 saturated heterocycles. The lowest BCUT2D eigenvalue weighted by Gasteiger charge is -2.19. The highest BCUT2D eigenvalue weighted by Gasteiger charge is 2.24. The van der Waals surface area contributed by atoms with Gasteiger partial charge in [-0.15, -0.1) is 15.0 Å². The summed E-state index contributed by atoms with van der Waals surface area (Å²) in [5, 5.41) is 28.6. The summed E-state index contributed by atoms with van der Waals surface area (Å²) in [7, 11) is 1.50. The molecule has 0 saturated carbocycles. The lowest BCUT2D eigenvalue weighted by atomic mass is 10.2. The Morgan fingerprint density at radius 1 is 1.10 bits per heavy atom. The van der Waals surface area contributed by atoms with Gasteiger partial charge in [0.1, 0.15) is 28.2 Å². The average Bonchev–Trinajstić information content (AvgIpc) is 3.16. The zero-order valence-electron chi connectivity index (χ0n) is 17.1. The van der Waals surface area contributed by atoms with Crippen LogP contribution in [-0.4, -0.2) is 56.6 Å². The summed E-state index contributed by atoms with van der Waals surface area (Å²) in [6.45, 7) is 6.23. The van der Waals surface area contributed by atoms with Crippen LogP contribution in [0.5, 0.6) is 11.5 Å². The van der Waals surface area contributed by atoms with Crippen molar-refractivity contribution in [3.05, 3.63) is 54.1 Å². The Balaban J connectivity index is 1.79. The third kappa shape index (κ3) is 4.81. The van der Waals surface area contributed by atoms with Crippen molar-refractivity contribution >= 4 is 23.0 Å². The van der Waals surface area contributed by atoms with Crippen LogP contribution in [-0.2, 0) is 14.3 Å². The number of rotatable bonds is 7. The minimum Gasteiger partial charge on any atom is -0.506 e. The predicted octanol–water partition coefficient (Wildman–Crippen LogP) is 2.12. The number of phenolic OH excluding ortho intramolecular Hbond substituents is 1. The summed E-state index contributed by atoms with van der Waals surface area (Å²) in [5.74, 6) is -1.08. The number of hydrogen-bond acceptors (Lipinski definition) is 9. The topological polar surface area (TPSA) is 133 Å². The van der Waals surface area contributed by atoms with E-state index in [9.17, 15) is 19.8 Å². The number of aromatic hydroxyl groups is 1. The Hall–Kier alpha value is -3.92. The van der Waals surface area contributed by atoms with Crippen molar-refractivity contribution < 1.29 is 34.0 Å². The Morgan fingerprint density at radius 2 is 1.81 bits per heavy atom. The summed E-state index contributed by atoms with van der Waals surface area (Å²) in [6, 6.07) is 9.12. The van der Waals surface area contributed by atoms with Crippen LogP contribution in [0.4, 0.5) is 0 Å². The fraction of sp³-hybridized carbons (Fsp3) is 0.238. The summed E-state index contributed by atoms with van der Waals surface area (Å²) in [5.41, 5.74) is 1.41. The van der Waals surface area contributed by atoms with Crippen LogP contribution in [0, 0.1) is 0 Å². The molecule has 31 heavy (non-hydrogen) atoms. The number of aliphatic hydroxyl groups excluding tert-OH is 1. The van der Waals surface area contributed by atoms with Gasteiger partial charge in [-0.2, -0.15) is 0 Å². The standard InChI is InChI=1S/C21H21N3O7/c1-11(2)19(26)31-20(27)12(3)30-21(28)13-5-7-15-16(9-13)23-24(22-15)17-10-14(29-4)6-8-18(17)25/h5-10,12,20,25,27H,1H2,2-4H3. The largest absolute Gasteiger partial charge is 0.506 e. The highest BCUT2D eigenvalue weighted by molar-refractivity contribution is 5.93. The van der Waals surface area contributed by atoms with Gasteiger partial charge in [0.2, 0.25) is 6.29 Å². The van der Waals surface area contributed by atoms with Crippen LogP contribution >= 0.6 is 0 Å². The fourth-order valence-electron chi connectivity index (χ4n) is 2.54. The van der Waals surface area contributed by atoms with Gasteiger partial charge < -0.3 is 24.4 Å². The summed E-state index contributed by atoms with van der Waals surface area (Å²) >= 11 is 0. The summed E-state index contributed by atoms with van der Waals surface area (Å²) in [6.07, 6.45) is -2.76. The van der Waals surface area contributed by atoms with E-state index >= 15 is 0 Å². The van der Waals surface area contributed by atoms with Gasteiger partial charge in [0, 0.05) is 11.6 Å². The second-order valence-corrected chi connectivity index (χ2v) is 6.73. The van der Waals surface area contributed by atoms with E-state index in [1.54, 1.807) is 18.2 Å². The Morgan fingerprint density at radius 3 is 2.48 bits per heavy atom. The van der Waals surface area contributed by atoms with Crippen LogP contribution in [0.3, 0.4) is 0 Å². The van der Waals surface area contributed by atoms with Gasteiger partial charge in [0.25, 0.3) is 0 Å². The number of aromatic nitrogens is 3. The number of carbonyl (C=O) groups is 2. The fourth-order valence-corrected chi connectivity index (χ4v) is 2.54. The highest BCUT2D eigenvalue weighted by atomic mass is 16.7. The molecule has 10 heteroatoms. The number of nitrogens with zero attached hydrogens (tertiary/aromatic N) is 3. The first-order valence-electron chi connectivity index (χ1n) is 9.19. The van der Waals surface area contributed by atoms with Gasteiger partial charge >= 0.3 is 11.9 Å². The minimum atomic E-state index is -1.64. The lowest BCUT2D eigenvalue weighted by molar-refractivity contribution is -0.180. The highest BCUT2D eigenvalue weighted by Crippen LogP contribution is 2.26. The summed E-state index contributed by atoms with van der Waals surface area (Å²) in [4.78, 5) is 25.1. The number of esters is 2. The minimum absolute atomic E-state index is 0.0483. The van der Waals surface area contributed by atoms with Crippen molar-refractivity contribution in [2.45, 2.75) is 26.2 Å². The van der Waals surface area contributed by atoms with E-state index in [-0.39, 0.29) is 16.9 Å². The van der Waals surface area contributed by atoms with Crippen LogP contribution in [0.25, 0.3) is 16.7 Å². The molecular formula is C21H21N3O7. The molecule has 0 aliphatic heterocycles. The van der Waals surface area contributed by atoms with E-state index in [2.05, 4.69) is 16.8 Å². The number of hydrogen-bond donors (Lipinski definition) is 2. The molecule has 3 aromatic rings. The smallest absolute Gasteiger partial charge is 0.338 e. The van der Waals surface area contributed by atoms with E-state index in [0.29, 0.717) is 22.5 Å². The number of fused-ring (bicyclic) bond motifs is 1. The molecule has 0 amide bonds. The van der Waals surface area contributed by atoms with Crippen LogP contribution in [0.15, 0.2) is 48.6 Å². The number of methoxy groups -OCH3 is 1. The molecule has 10 nitrogen and oxygen atoms in total. The summed E-state index contributed by atoms with van der Waals surface area (Å²) < 4.78 is 15.1. The third-order valence-electron chi connectivity index (χ3n) is 4.28. The third-order valence-corrected chi connectivity index (χ3v) is 4.28. The van der Waals surface area contributed by atoms with Crippen molar-refractivity contribution in [3.8, 4) is 17.2 Å². The van der Waals surface area contributed by atoms with Crippen LogP contribution in [0.2, 0.25) is 0 Å². The van der Waals surface area contributed by atoms with Crippen LogP contribution in [0.1, 0.15) is 24.2 Å². The molecule has 0 bridgehead atoms. The van der Waals surface area contributed by atoms with Gasteiger partial charge in [-0.3, -0.25) is 0 Å². The molecule has 1 aromatic heterocycles. The number of benzene rings is 2. The van der Waals surface area contributed by atoms with Crippen molar-refractivity contribution in [1.82, 2.24) is 15.0 Å². The number of aliphatic hydroxyl groups is 1. The molecule has 3 rings (SSSR count). The molecule has 2 N–H and O–H groups in total. The van der Waals surface area contributed by atoms with E-state index < -0.39 is 24.3 Å². The zero-order chi connectivity index (χ0) is 22.7. The molecule has 0 aliphatic carbocycles. The SMILES string of the molecule is C=C(C)C(=O)OC(O)C(C)OC(=O)c1ccc2nn(-c3cc(OC)ccc3O)nc2c1. The van der Waals surface area contributed by atoms with E-state index in [4.69, 9.17) is 14.2 Å². The molecule has 0 spiro atoms. The first-order chi connectivity index (χ1) is 14.7. The Bertz CT molecular complexity index is 1160. The van der Waals surface area contributed by atoms with Gasteiger partial charge in [-0.05, 0) is 44.2 Å². The predicted molar refractivity (Wildman–Crippen MR) is 109 cm³/mol. The van der Waals surface area contributed by atoms with E-state index in [0.717, 1.165) is 0 Å². The van der Waals surface area contributed by atoms with Gasteiger partial charge in [0.15, 0.2) is 6.10 Å². The molecule has 0 aliphatic rings. The quantitative estimate of drug-likeness (QED) is 0.330. The maximum atomic E-state index is 12.4. The molecule has 2 atom stereocenters. The van der Waals surface area contributed by atoms with Gasteiger partial charge in [-0.1, -0.05) is 6.58 Å².